The molecule has 0 aliphatic heterocycles. The third-order valence-corrected chi connectivity index (χ3v) is 4.69. The number of nitrogens with two attached hydrogens (primary N) is 1. The lowest BCUT2D eigenvalue weighted by Crippen LogP contribution is -2.51. The number of nitrogens with one attached hydrogen (secondary N) is 1. The summed E-state index contributed by atoms with van der Waals surface area (Å²) in [5.41, 5.74) is 7.97. The first-order valence-electron chi connectivity index (χ1n) is 8.44. The molecule has 0 heterocycles. The van der Waals surface area contributed by atoms with Gasteiger partial charge in [0.25, 0.3) is 0 Å². The first kappa shape index (κ1) is 23.2. The first-order chi connectivity index (χ1) is 10.6. The van der Waals surface area contributed by atoms with Crippen LogP contribution >= 0.6 is 24.8 Å². The normalized spacial score (nSPS) is 15.5. The van der Waals surface area contributed by atoms with Gasteiger partial charge in [-0.1, -0.05) is 51.0 Å². The van der Waals surface area contributed by atoms with Gasteiger partial charge in [0.15, 0.2) is 0 Å². The molecule has 2 rings (SSSR count). The largest absolute Gasteiger partial charge is 0.350 e. The zero-order valence-electron chi connectivity index (χ0n) is 14.7. The second-order valence-electron chi connectivity index (χ2n) is 6.33. The maximum absolute atomic E-state index is 12.3. The van der Waals surface area contributed by atoms with Gasteiger partial charge in [0, 0.05) is 13.1 Å². The molecule has 4 nitrogen and oxygen atoms in total. The van der Waals surface area contributed by atoms with E-state index in [0.717, 1.165) is 50.9 Å². The number of rotatable bonds is 7. The van der Waals surface area contributed by atoms with E-state index in [9.17, 15) is 4.79 Å². The van der Waals surface area contributed by atoms with E-state index in [4.69, 9.17) is 5.73 Å². The van der Waals surface area contributed by atoms with Gasteiger partial charge in [0.2, 0.25) is 5.91 Å². The number of amides is 1. The molecule has 24 heavy (non-hydrogen) atoms. The minimum atomic E-state index is -0.640. The molecule has 0 aromatic heterocycles. The molecule has 1 aromatic carbocycles. The minimum Gasteiger partial charge on any atom is -0.350 e. The minimum absolute atomic E-state index is 0. The van der Waals surface area contributed by atoms with Gasteiger partial charge >= 0.3 is 0 Å². The highest BCUT2D eigenvalue weighted by molar-refractivity contribution is 5.86. The average Bonchev–Trinajstić information content (AvgIpc) is 2.98. The van der Waals surface area contributed by atoms with Gasteiger partial charge in [0.1, 0.15) is 0 Å². The number of hydrogen-bond acceptors (Lipinski definition) is 3. The summed E-state index contributed by atoms with van der Waals surface area (Å²) in [5, 5.41) is 3.01. The van der Waals surface area contributed by atoms with Gasteiger partial charge in [-0.25, -0.2) is 0 Å². The lowest BCUT2D eigenvalue weighted by molar-refractivity contribution is -0.126. The molecule has 0 saturated heterocycles. The summed E-state index contributed by atoms with van der Waals surface area (Å²) in [6, 6.07) is 8.44. The monoisotopic (exact) mass is 375 g/mol. The third kappa shape index (κ3) is 6.25. The Bertz CT molecular complexity index is 501. The van der Waals surface area contributed by atoms with Crippen LogP contribution in [0.2, 0.25) is 0 Å². The number of carbonyl (C=O) groups is 1. The van der Waals surface area contributed by atoms with Gasteiger partial charge in [-0.05, 0) is 37.1 Å². The van der Waals surface area contributed by atoms with E-state index in [-0.39, 0.29) is 30.7 Å². The molecular weight excluding hydrogens is 345 g/mol. The van der Waals surface area contributed by atoms with Gasteiger partial charge in [0.05, 0.1) is 5.54 Å². The Morgan fingerprint density at radius 1 is 1.17 bits per heavy atom. The summed E-state index contributed by atoms with van der Waals surface area (Å²) >= 11 is 0. The van der Waals surface area contributed by atoms with Crippen molar-refractivity contribution in [2.75, 3.05) is 13.1 Å². The number of nitrogens with zero attached hydrogens (tertiary/aromatic N) is 1. The van der Waals surface area contributed by atoms with Crippen LogP contribution in [-0.2, 0) is 17.9 Å². The standard InChI is InChI=1S/C18H29N3O.2ClH/c1-3-21(4-2)14-16-9-7-8-15(12-16)13-20-17(22)18(19)10-5-6-11-18;;/h7-9,12H,3-6,10-11,13-14,19H2,1-2H3,(H,20,22);2*1H. The molecule has 0 atom stereocenters. The summed E-state index contributed by atoms with van der Waals surface area (Å²) in [6.07, 6.45) is 3.73. The lowest BCUT2D eigenvalue weighted by atomic mass is 9.98. The SMILES string of the molecule is CCN(CC)Cc1cccc(CNC(=O)C2(N)CCCC2)c1.Cl.Cl. The van der Waals surface area contributed by atoms with Gasteiger partial charge in [-0.2, -0.15) is 0 Å². The topological polar surface area (TPSA) is 58.4 Å². The van der Waals surface area contributed by atoms with Gasteiger partial charge in [-0.3, -0.25) is 9.69 Å². The molecule has 1 aromatic rings. The van der Waals surface area contributed by atoms with Crippen molar-refractivity contribution in [2.24, 2.45) is 5.73 Å². The van der Waals surface area contributed by atoms with Crippen LogP contribution in [0.15, 0.2) is 24.3 Å². The van der Waals surface area contributed by atoms with Crippen molar-refractivity contribution >= 4 is 30.7 Å². The Labute approximate surface area is 158 Å². The van der Waals surface area contributed by atoms with Crippen LogP contribution in [0, 0.1) is 0 Å². The highest BCUT2D eigenvalue weighted by Crippen LogP contribution is 2.27. The van der Waals surface area contributed by atoms with Crippen LogP contribution in [0.3, 0.4) is 0 Å². The highest BCUT2D eigenvalue weighted by atomic mass is 35.5. The van der Waals surface area contributed by atoms with Crippen LogP contribution in [0.4, 0.5) is 0 Å². The number of carbonyl (C=O) groups excluding carboxylic acids is 1. The maximum atomic E-state index is 12.3. The van der Waals surface area contributed by atoms with Gasteiger partial charge in [-0.15, -0.1) is 24.8 Å². The summed E-state index contributed by atoms with van der Waals surface area (Å²) in [5.74, 6) is -0.000791. The van der Waals surface area contributed by atoms with Crippen LogP contribution in [0.5, 0.6) is 0 Å². The first-order valence-corrected chi connectivity index (χ1v) is 8.44. The molecular formula is C18H31Cl2N3O. The summed E-state index contributed by atoms with van der Waals surface area (Å²) in [7, 11) is 0. The van der Waals surface area contributed by atoms with Crippen LogP contribution in [-0.4, -0.2) is 29.4 Å². The number of halogens is 2. The Balaban J connectivity index is 0.00000264. The summed E-state index contributed by atoms with van der Waals surface area (Å²) < 4.78 is 0. The summed E-state index contributed by atoms with van der Waals surface area (Å²) in [6.45, 7) is 7.96. The quantitative estimate of drug-likeness (QED) is 0.768. The second kappa shape index (κ2) is 10.9. The smallest absolute Gasteiger partial charge is 0.240 e. The fourth-order valence-corrected chi connectivity index (χ4v) is 3.13. The van der Waals surface area contributed by atoms with Crippen LogP contribution in [0.1, 0.15) is 50.7 Å². The maximum Gasteiger partial charge on any atom is 0.240 e. The molecule has 1 saturated carbocycles. The van der Waals surface area contributed by atoms with Crippen molar-refractivity contribution < 1.29 is 4.79 Å². The molecule has 1 aliphatic rings. The van der Waals surface area contributed by atoms with E-state index < -0.39 is 5.54 Å². The van der Waals surface area contributed by atoms with Crippen molar-refractivity contribution in [1.82, 2.24) is 10.2 Å². The van der Waals surface area contributed by atoms with Crippen LogP contribution in [0.25, 0.3) is 0 Å². The molecule has 0 spiro atoms. The fourth-order valence-electron chi connectivity index (χ4n) is 3.13. The van der Waals surface area contributed by atoms with Crippen LogP contribution < -0.4 is 11.1 Å². The lowest BCUT2D eigenvalue weighted by Gasteiger charge is -2.22. The second-order valence-corrected chi connectivity index (χ2v) is 6.33. The highest BCUT2D eigenvalue weighted by Gasteiger charge is 2.36. The molecule has 0 radical (unpaired) electrons. The van der Waals surface area contributed by atoms with Crippen molar-refractivity contribution in [1.29, 1.82) is 0 Å². The Morgan fingerprint density at radius 2 is 1.75 bits per heavy atom. The molecule has 1 amide bonds. The predicted octanol–water partition coefficient (Wildman–Crippen LogP) is 3.26. The van der Waals surface area contributed by atoms with Crippen molar-refractivity contribution in [2.45, 2.75) is 58.2 Å². The third-order valence-electron chi connectivity index (χ3n) is 4.69. The van der Waals surface area contributed by atoms with E-state index in [0.29, 0.717) is 6.54 Å². The van der Waals surface area contributed by atoms with E-state index in [1.807, 2.05) is 0 Å². The molecule has 0 bridgehead atoms. The van der Waals surface area contributed by atoms with Crippen molar-refractivity contribution in [3.63, 3.8) is 0 Å². The fraction of sp³-hybridized carbons (Fsp3) is 0.611. The zero-order valence-corrected chi connectivity index (χ0v) is 16.3. The average molecular weight is 376 g/mol. The molecule has 138 valence electrons. The Kier molecular flexibility index (Phi) is 10.6. The van der Waals surface area contributed by atoms with Gasteiger partial charge < -0.3 is 11.1 Å². The summed E-state index contributed by atoms with van der Waals surface area (Å²) in [4.78, 5) is 14.6. The number of benzene rings is 1. The Morgan fingerprint density at radius 3 is 2.33 bits per heavy atom. The van der Waals surface area contributed by atoms with E-state index in [1.54, 1.807) is 0 Å². The zero-order chi connectivity index (χ0) is 16.0. The van der Waals surface area contributed by atoms with E-state index in [2.05, 4.69) is 48.3 Å². The van der Waals surface area contributed by atoms with Crippen molar-refractivity contribution in [3.8, 4) is 0 Å². The molecule has 3 N–H and O–H groups in total. The molecule has 1 aliphatic carbocycles. The van der Waals surface area contributed by atoms with Crippen molar-refractivity contribution in [3.05, 3.63) is 35.4 Å². The van der Waals surface area contributed by atoms with E-state index >= 15 is 0 Å². The molecule has 1 fully saturated rings. The Hall–Kier alpha value is -0.810. The molecule has 0 unspecified atom stereocenters. The predicted molar refractivity (Wildman–Crippen MR) is 105 cm³/mol. The number of hydrogen-bond donors (Lipinski definition) is 2. The molecule has 6 heteroatoms. The van der Waals surface area contributed by atoms with E-state index in [1.165, 1.54) is 5.56 Å².